The third-order valence-electron chi connectivity index (χ3n) is 7.53. The van der Waals surface area contributed by atoms with Gasteiger partial charge in [0, 0.05) is 61.5 Å². The second kappa shape index (κ2) is 8.52. The first kappa shape index (κ1) is 23.1. The highest BCUT2D eigenvalue weighted by Crippen LogP contribution is 2.44. The lowest BCUT2D eigenvalue weighted by Gasteiger charge is -2.39. The van der Waals surface area contributed by atoms with Crippen LogP contribution in [0.2, 0.25) is 0 Å². The molecule has 3 fully saturated rings. The van der Waals surface area contributed by atoms with Gasteiger partial charge in [-0.25, -0.2) is 17.6 Å². The fourth-order valence-electron chi connectivity index (χ4n) is 5.62. The molecule has 2 saturated heterocycles. The van der Waals surface area contributed by atoms with Crippen LogP contribution in [0, 0.1) is 17.6 Å². The summed E-state index contributed by atoms with van der Waals surface area (Å²) in [5.74, 6) is -4.83. The molecular formula is C25H28F4N4O. The van der Waals surface area contributed by atoms with E-state index in [0.717, 1.165) is 31.9 Å². The highest BCUT2D eigenvalue weighted by Gasteiger charge is 2.48. The molecule has 1 saturated carbocycles. The topological polar surface area (TPSA) is 57.3 Å². The van der Waals surface area contributed by atoms with E-state index in [4.69, 9.17) is 0 Å². The maximum atomic E-state index is 14.1. The summed E-state index contributed by atoms with van der Waals surface area (Å²) < 4.78 is 54.8. The molecule has 0 bridgehead atoms. The standard InChI is InChI=1S/C25H28F4N4O/c1-15(17-10-25(28,29)11-17)32-23(34)21-13-30-12-20(16-7-18(26)9-19(27)8-16)22(21)33-6-4-24(14-33)3-2-5-31-24/h7-9,12-13,15,17,31H,2-6,10-11,14H2,1H3,(H,32,34)/t15-,24+/m1/s1. The second-order valence-electron chi connectivity index (χ2n) is 10.0. The number of hydrogen-bond acceptors (Lipinski definition) is 4. The Balaban J connectivity index is 1.50. The van der Waals surface area contributed by atoms with Crippen LogP contribution in [0.15, 0.2) is 30.6 Å². The summed E-state index contributed by atoms with van der Waals surface area (Å²) in [5, 5.41) is 6.44. The predicted molar refractivity (Wildman–Crippen MR) is 121 cm³/mol. The molecule has 1 aliphatic carbocycles. The molecule has 9 heteroatoms. The number of nitrogens with one attached hydrogen (secondary N) is 2. The van der Waals surface area contributed by atoms with Gasteiger partial charge in [-0.1, -0.05) is 0 Å². The van der Waals surface area contributed by atoms with E-state index in [-0.39, 0.29) is 29.9 Å². The highest BCUT2D eigenvalue weighted by atomic mass is 19.3. The summed E-state index contributed by atoms with van der Waals surface area (Å²) in [6.07, 6.45) is 5.45. The average Bonchev–Trinajstić information content (AvgIpc) is 3.40. The van der Waals surface area contributed by atoms with Crippen LogP contribution in [-0.2, 0) is 0 Å². The third-order valence-corrected chi connectivity index (χ3v) is 7.53. The summed E-state index contributed by atoms with van der Waals surface area (Å²) in [7, 11) is 0. The van der Waals surface area contributed by atoms with Crippen molar-refractivity contribution in [3.63, 3.8) is 0 Å². The fraction of sp³-hybridized carbons (Fsp3) is 0.520. The first-order chi connectivity index (χ1) is 16.1. The molecule has 1 spiro atoms. The molecule has 2 aliphatic heterocycles. The van der Waals surface area contributed by atoms with Crippen LogP contribution >= 0.6 is 0 Å². The number of anilines is 1. The van der Waals surface area contributed by atoms with Crippen LogP contribution in [0.4, 0.5) is 23.2 Å². The number of alkyl halides is 2. The first-order valence-electron chi connectivity index (χ1n) is 11.8. The number of halogens is 4. The number of pyridine rings is 1. The molecule has 5 rings (SSSR count). The van der Waals surface area contributed by atoms with Gasteiger partial charge in [0.25, 0.3) is 5.91 Å². The van der Waals surface area contributed by atoms with Crippen molar-refractivity contribution in [3.05, 3.63) is 47.8 Å². The van der Waals surface area contributed by atoms with Crippen molar-refractivity contribution in [1.29, 1.82) is 0 Å². The van der Waals surface area contributed by atoms with Crippen molar-refractivity contribution in [3.8, 4) is 11.1 Å². The van der Waals surface area contributed by atoms with Crippen molar-refractivity contribution in [1.82, 2.24) is 15.6 Å². The van der Waals surface area contributed by atoms with Gasteiger partial charge in [0.05, 0.1) is 11.3 Å². The Morgan fingerprint density at radius 2 is 1.91 bits per heavy atom. The summed E-state index contributed by atoms with van der Waals surface area (Å²) in [6, 6.07) is 2.82. The number of rotatable bonds is 5. The number of nitrogens with zero attached hydrogens (tertiary/aromatic N) is 2. The smallest absolute Gasteiger partial charge is 0.255 e. The normalized spacial score (nSPS) is 24.9. The molecule has 3 aliphatic rings. The lowest BCUT2D eigenvalue weighted by molar-refractivity contribution is -0.117. The van der Waals surface area contributed by atoms with E-state index in [9.17, 15) is 22.4 Å². The van der Waals surface area contributed by atoms with E-state index < -0.39 is 29.5 Å². The van der Waals surface area contributed by atoms with Gasteiger partial charge in [-0.3, -0.25) is 9.78 Å². The number of benzene rings is 1. The number of carbonyl (C=O) groups is 1. The molecule has 2 N–H and O–H groups in total. The van der Waals surface area contributed by atoms with E-state index in [2.05, 4.69) is 20.5 Å². The van der Waals surface area contributed by atoms with Gasteiger partial charge in [0.2, 0.25) is 5.92 Å². The third kappa shape index (κ3) is 4.37. The van der Waals surface area contributed by atoms with Crippen molar-refractivity contribution in [2.24, 2.45) is 5.92 Å². The van der Waals surface area contributed by atoms with Gasteiger partial charge in [-0.2, -0.15) is 0 Å². The molecule has 1 aromatic heterocycles. The molecule has 5 nitrogen and oxygen atoms in total. The van der Waals surface area contributed by atoms with Crippen molar-refractivity contribution >= 4 is 11.6 Å². The molecule has 1 aromatic carbocycles. The molecule has 182 valence electrons. The van der Waals surface area contributed by atoms with Crippen LogP contribution < -0.4 is 15.5 Å². The van der Waals surface area contributed by atoms with Crippen LogP contribution in [-0.4, -0.2) is 48.0 Å². The largest absolute Gasteiger partial charge is 0.368 e. The van der Waals surface area contributed by atoms with Gasteiger partial charge in [-0.15, -0.1) is 0 Å². The lowest BCUT2D eigenvalue weighted by Crippen LogP contribution is -2.48. The van der Waals surface area contributed by atoms with Crippen molar-refractivity contribution < 1.29 is 22.4 Å². The van der Waals surface area contributed by atoms with Gasteiger partial charge in [-0.05, 0) is 56.3 Å². The summed E-state index contributed by atoms with van der Waals surface area (Å²) in [4.78, 5) is 19.6. The molecule has 0 unspecified atom stereocenters. The Bertz CT molecular complexity index is 1070. The maximum Gasteiger partial charge on any atom is 0.255 e. The lowest BCUT2D eigenvalue weighted by atomic mass is 9.77. The first-order valence-corrected chi connectivity index (χ1v) is 11.8. The zero-order valence-corrected chi connectivity index (χ0v) is 19.0. The molecule has 1 amide bonds. The Morgan fingerprint density at radius 3 is 2.56 bits per heavy atom. The predicted octanol–water partition coefficient (Wildman–Crippen LogP) is 4.52. The number of amides is 1. The van der Waals surface area contributed by atoms with Crippen molar-refractivity contribution in [2.75, 3.05) is 24.5 Å². The zero-order chi connectivity index (χ0) is 24.1. The molecular weight excluding hydrogens is 448 g/mol. The van der Waals surface area contributed by atoms with E-state index in [0.29, 0.717) is 29.9 Å². The van der Waals surface area contributed by atoms with E-state index in [1.807, 2.05) is 0 Å². The van der Waals surface area contributed by atoms with Crippen LogP contribution in [0.5, 0.6) is 0 Å². The van der Waals surface area contributed by atoms with Crippen LogP contribution in [0.25, 0.3) is 11.1 Å². The SMILES string of the molecule is C[C@@H](NC(=O)c1cncc(-c2cc(F)cc(F)c2)c1N1CC[C@@]2(CCCN2)C1)C1CC(F)(F)C1. The molecule has 34 heavy (non-hydrogen) atoms. The van der Waals surface area contributed by atoms with Crippen molar-refractivity contribution in [2.45, 2.75) is 56.5 Å². The minimum Gasteiger partial charge on any atom is -0.368 e. The Labute approximate surface area is 195 Å². The monoisotopic (exact) mass is 476 g/mol. The maximum absolute atomic E-state index is 14.1. The highest BCUT2D eigenvalue weighted by molar-refractivity contribution is 6.03. The van der Waals surface area contributed by atoms with Gasteiger partial charge < -0.3 is 15.5 Å². The minimum atomic E-state index is -2.67. The summed E-state index contributed by atoms with van der Waals surface area (Å²) in [6.45, 7) is 3.99. The zero-order valence-electron chi connectivity index (χ0n) is 19.0. The summed E-state index contributed by atoms with van der Waals surface area (Å²) in [5.41, 5.74) is 1.54. The minimum absolute atomic E-state index is 0.0493. The quantitative estimate of drug-likeness (QED) is 0.623. The number of hydrogen-bond donors (Lipinski definition) is 2. The number of aromatic nitrogens is 1. The molecule has 0 radical (unpaired) electrons. The average molecular weight is 477 g/mol. The molecule has 2 aromatic rings. The Hall–Kier alpha value is -2.68. The summed E-state index contributed by atoms with van der Waals surface area (Å²) >= 11 is 0. The number of carbonyl (C=O) groups excluding carboxylic acids is 1. The van der Waals surface area contributed by atoms with Gasteiger partial charge >= 0.3 is 0 Å². The van der Waals surface area contributed by atoms with Gasteiger partial charge in [0.15, 0.2) is 0 Å². The van der Waals surface area contributed by atoms with Crippen LogP contribution in [0.3, 0.4) is 0 Å². The van der Waals surface area contributed by atoms with E-state index in [1.54, 1.807) is 6.92 Å². The van der Waals surface area contributed by atoms with E-state index >= 15 is 0 Å². The Morgan fingerprint density at radius 1 is 1.18 bits per heavy atom. The molecule has 3 heterocycles. The fourth-order valence-corrected chi connectivity index (χ4v) is 5.62. The van der Waals surface area contributed by atoms with E-state index in [1.165, 1.54) is 24.5 Å². The van der Waals surface area contributed by atoms with Crippen LogP contribution in [0.1, 0.15) is 49.4 Å². The van der Waals surface area contributed by atoms with Gasteiger partial charge in [0.1, 0.15) is 11.6 Å². The molecule has 2 atom stereocenters. The second-order valence-corrected chi connectivity index (χ2v) is 10.0. The Kier molecular flexibility index (Phi) is 5.78.